The highest BCUT2D eigenvalue weighted by Gasteiger charge is 2.29. The van der Waals surface area contributed by atoms with Gasteiger partial charge in [-0.15, -0.1) is 0 Å². The molecule has 0 radical (unpaired) electrons. The fourth-order valence-electron chi connectivity index (χ4n) is 2.56. The van der Waals surface area contributed by atoms with Crippen molar-refractivity contribution in [3.63, 3.8) is 0 Å². The van der Waals surface area contributed by atoms with Crippen LogP contribution in [0, 0.1) is 7.14 Å². The first kappa shape index (κ1) is 20.7. The molecule has 0 amide bonds. The molecule has 2 saturated carbocycles. The number of carbonyl (C=O) groups is 1. The molecule has 0 aromatic carbocycles. The van der Waals surface area contributed by atoms with Crippen LogP contribution in [-0.4, -0.2) is 21.4 Å². The van der Waals surface area contributed by atoms with Crippen molar-refractivity contribution in [2.75, 3.05) is 0 Å². The lowest BCUT2D eigenvalue weighted by Crippen LogP contribution is -1.98. The van der Waals surface area contributed by atoms with Crippen molar-refractivity contribution in [3.8, 4) is 0 Å². The molecule has 0 atom stereocenters. The predicted octanol–water partition coefficient (Wildman–Crippen LogP) is 5.74. The zero-order chi connectivity index (χ0) is 18.8. The summed E-state index contributed by atoms with van der Waals surface area (Å²) in [7, 11) is 0. The summed E-state index contributed by atoms with van der Waals surface area (Å²) >= 11 is 16.0. The fraction of sp³-hybridized carbons (Fsp3) is 0.389. The van der Waals surface area contributed by atoms with Gasteiger partial charge in [0.25, 0.3) is 0 Å². The molecule has 2 aromatic heterocycles. The third-order valence-corrected chi connectivity index (χ3v) is 7.04. The van der Waals surface area contributed by atoms with E-state index in [0.717, 1.165) is 30.4 Å². The quantitative estimate of drug-likeness (QED) is 0.271. The number of nitrogens with zero attached hydrogens (tertiary/aromatic N) is 2. The second-order valence-corrected chi connectivity index (χ2v) is 9.29. The monoisotopic (exact) mass is 616 g/mol. The Balaban J connectivity index is 0.000000151. The molecule has 4 nitrogen and oxygen atoms in total. The summed E-state index contributed by atoms with van der Waals surface area (Å²) in [5, 5.41) is 9.99. The van der Waals surface area contributed by atoms with Gasteiger partial charge in [0.1, 0.15) is 10.3 Å². The summed E-state index contributed by atoms with van der Waals surface area (Å²) in [4.78, 5) is 19.2. The smallest absolute Gasteiger partial charge is 0.151 e. The number of carbonyl (C=O) groups excluding carboxylic acids is 1. The Labute approximate surface area is 189 Å². The van der Waals surface area contributed by atoms with E-state index < -0.39 is 0 Å². The van der Waals surface area contributed by atoms with Crippen LogP contribution in [0.3, 0.4) is 0 Å². The van der Waals surface area contributed by atoms with Crippen molar-refractivity contribution in [3.05, 3.63) is 52.1 Å². The molecule has 138 valence electrons. The second-order valence-electron chi connectivity index (χ2n) is 6.36. The molecule has 0 saturated heterocycles. The van der Waals surface area contributed by atoms with Crippen molar-refractivity contribution in [1.29, 1.82) is 0 Å². The standard InChI is InChI=1S/C9H9ClINO.C9H7ClINO/c2*10-7-3-6(4-13)8(11)9(12-7)5-1-2-5/h3,5,13H,1-2,4H2;3-5H,1-2H2. The lowest BCUT2D eigenvalue weighted by Gasteiger charge is -2.06. The van der Waals surface area contributed by atoms with Gasteiger partial charge < -0.3 is 5.11 Å². The first-order valence-corrected chi connectivity index (χ1v) is 11.1. The van der Waals surface area contributed by atoms with Gasteiger partial charge >= 0.3 is 0 Å². The Hall–Kier alpha value is -0.0300. The van der Waals surface area contributed by atoms with Gasteiger partial charge in [0.2, 0.25) is 0 Å². The summed E-state index contributed by atoms with van der Waals surface area (Å²) in [6.45, 7) is 0.0419. The molecule has 0 bridgehead atoms. The third-order valence-electron chi connectivity index (χ3n) is 4.23. The molecular weight excluding hydrogens is 601 g/mol. The van der Waals surface area contributed by atoms with E-state index in [-0.39, 0.29) is 6.61 Å². The molecule has 0 aliphatic heterocycles. The van der Waals surface area contributed by atoms with Gasteiger partial charge in [0.15, 0.2) is 6.29 Å². The molecule has 4 rings (SSSR count). The predicted molar refractivity (Wildman–Crippen MR) is 119 cm³/mol. The first-order valence-electron chi connectivity index (χ1n) is 8.21. The number of pyridine rings is 2. The van der Waals surface area contributed by atoms with E-state index in [2.05, 4.69) is 55.1 Å². The van der Waals surface area contributed by atoms with Gasteiger partial charge in [-0.1, -0.05) is 23.2 Å². The molecule has 2 fully saturated rings. The molecule has 0 spiro atoms. The van der Waals surface area contributed by atoms with Crippen LogP contribution in [-0.2, 0) is 6.61 Å². The van der Waals surface area contributed by atoms with Crippen molar-refractivity contribution < 1.29 is 9.90 Å². The Bertz CT molecular complexity index is 840. The van der Waals surface area contributed by atoms with Crippen LogP contribution in [0.15, 0.2) is 12.1 Å². The number of rotatable bonds is 4. The van der Waals surface area contributed by atoms with Crippen molar-refractivity contribution >= 4 is 74.7 Å². The molecule has 26 heavy (non-hydrogen) atoms. The summed E-state index contributed by atoms with van der Waals surface area (Å²) in [6, 6.07) is 3.34. The Kier molecular flexibility index (Phi) is 7.15. The number of aliphatic hydroxyl groups excluding tert-OH is 1. The summed E-state index contributed by atoms with van der Waals surface area (Å²) in [5.74, 6) is 1.11. The molecule has 2 heterocycles. The summed E-state index contributed by atoms with van der Waals surface area (Å²) in [5.41, 5.74) is 3.61. The van der Waals surface area contributed by atoms with Gasteiger partial charge in [-0.25, -0.2) is 9.97 Å². The number of halogens is 4. The van der Waals surface area contributed by atoms with Crippen LogP contribution < -0.4 is 0 Å². The van der Waals surface area contributed by atoms with E-state index in [9.17, 15) is 4.79 Å². The maximum Gasteiger partial charge on any atom is 0.151 e. The van der Waals surface area contributed by atoms with Crippen molar-refractivity contribution in [2.24, 2.45) is 0 Å². The lowest BCUT2D eigenvalue weighted by molar-refractivity contribution is 0.112. The number of aldehydes is 1. The maximum atomic E-state index is 10.7. The third kappa shape index (κ3) is 5.06. The second kappa shape index (κ2) is 8.98. The van der Waals surface area contributed by atoms with E-state index in [4.69, 9.17) is 28.3 Å². The average Bonchev–Trinajstić information content (AvgIpc) is 3.50. The van der Waals surface area contributed by atoms with Gasteiger partial charge in [0, 0.05) is 24.5 Å². The molecular formula is C18H16Cl2I2N2O2. The van der Waals surface area contributed by atoms with E-state index in [1.165, 1.54) is 25.7 Å². The Morgan fingerprint density at radius 2 is 1.50 bits per heavy atom. The van der Waals surface area contributed by atoms with Crippen molar-refractivity contribution in [1.82, 2.24) is 9.97 Å². The van der Waals surface area contributed by atoms with Crippen molar-refractivity contribution in [2.45, 2.75) is 44.1 Å². The number of hydrogen-bond acceptors (Lipinski definition) is 4. The normalized spacial score (nSPS) is 16.0. The van der Waals surface area contributed by atoms with Crippen LogP contribution in [0.25, 0.3) is 0 Å². The molecule has 2 aromatic rings. The van der Waals surface area contributed by atoms with Crippen LogP contribution >= 0.6 is 68.4 Å². The minimum Gasteiger partial charge on any atom is -0.392 e. The average molecular weight is 617 g/mol. The van der Waals surface area contributed by atoms with Crippen LogP contribution in [0.4, 0.5) is 0 Å². The number of aliphatic hydroxyl groups is 1. The fourth-order valence-corrected chi connectivity index (χ4v) is 4.72. The largest absolute Gasteiger partial charge is 0.392 e. The molecule has 0 unspecified atom stereocenters. The highest BCUT2D eigenvalue weighted by Crippen LogP contribution is 2.42. The summed E-state index contributed by atoms with van der Waals surface area (Å²) < 4.78 is 2.03. The van der Waals surface area contributed by atoms with Gasteiger partial charge in [0.05, 0.1) is 18.0 Å². The Morgan fingerprint density at radius 1 is 1.00 bits per heavy atom. The minimum atomic E-state index is 0.0419. The van der Waals surface area contributed by atoms with E-state index in [1.54, 1.807) is 12.1 Å². The van der Waals surface area contributed by atoms with Crippen LogP contribution in [0.5, 0.6) is 0 Å². The minimum absolute atomic E-state index is 0.0419. The van der Waals surface area contributed by atoms with Crippen LogP contribution in [0.1, 0.15) is 64.8 Å². The highest BCUT2D eigenvalue weighted by atomic mass is 127. The van der Waals surface area contributed by atoms with Crippen LogP contribution in [0.2, 0.25) is 10.3 Å². The van der Waals surface area contributed by atoms with Gasteiger partial charge in [-0.2, -0.15) is 0 Å². The topological polar surface area (TPSA) is 63.1 Å². The molecule has 2 aliphatic rings. The first-order chi connectivity index (χ1) is 12.4. The van der Waals surface area contributed by atoms with E-state index in [1.807, 2.05) is 0 Å². The Morgan fingerprint density at radius 3 is 1.96 bits per heavy atom. The van der Waals surface area contributed by atoms with Gasteiger partial charge in [-0.3, -0.25) is 4.79 Å². The zero-order valence-electron chi connectivity index (χ0n) is 13.7. The molecule has 8 heteroatoms. The number of hydrogen-bond donors (Lipinski definition) is 1. The summed E-state index contributed by atoms with van der Waals surface area (Å²) in [6.07, 6.45) is 5.58. The maximum absolute atomic E-state index is 10.7. The number of aromatic nitrogens is 2. The lowest BCUT2D eigenvalue weighted by atomic mass is 10.2. The van der Waals surface area contributed by atoms with Gasteiger partial charge in [-0.05, 0) is 88.6 Å². The highest BCUT2D eigenvalue weighted by molar-refractivity contribution is 14.1. The molecule has 1 N–H and O–H groups in total. The molecule has 2 aliphatic carbocycles. The zero-order valence-corrected chi connectivity index (χ0v) is 19.5. The SMILES string of the molecule is O=Cc1cc(Cl)nc(C2CC2)c1I.OCc1cc(Cl)nc(C2CC2)c1I. The van der Waals surface area contributed by atoms with E-state index in [0.29, 0.717) is 27.7 Å². The van der Waals surface area contributed by atoms with E-state index >= 15 is 0 Å².